The summed E-state index contributed by atoms with van der Waals surface area (Å²) >= 11 is 7.19. The summed E-state index contributed by atoms with van der Waals surface area (Å²) in [5.41, 5.74) is -0.674. The molecule has 104 valence electrons. The number of nitrogens with one attached hydrogen (secondary N) is 1. The Labute approximate surface area is 118 Å². The highest BCUT2D eigenvalue weighted by atomic mass is 35.5. The van der Waals surface area contributed by atoms with E-state index in [1.54, 1.807) is 0 Å². The van der Waals surface area contributed by atoms with E-state index < -0.39 is 11.7 Å². The van der Waals surface area contributed by atoms with E-state index in [1.807, 2.05) is 13.8 Å². The number of benzene rings is 1. The van der Waals surface area contributed by atoms with Crippen LogP contribution in [-0.4, -0.2) is 16.5 Å². The number of thioether (sulfide) groups is 1. The van der Waals surface area contributed by atoms with Crippen LogP contribution in [0.4, 0.5) is 18.9 Å². The molecule has 2 rings (SSSR count). The minimum atomic E-state index is -4.41. The highest BCUT2D eigenvalue weighted by Crippen LogP contribution is 2.34. The van der Waals surface area contributed by atoms with E-state index in [2.05, 4.69) is 10.3 Å². The first-order valence-corrected chi connectivity index (χ1v) is 6.90. The molecule has 0 radical (unpaired) electrons. The number of alkyl halides is 3. The number of anilines is 1. The Balaban J connectivity index is 2.25. The first kappa shape index (κ1) is 14.5. The third kappa shape index (κ3) is 3.79. The summed E-state index contributed by atoms with van der Waals surface area (Å²) in [6, 6.07) is 3.38. The number of rotatable bonds is 1. The van der Waals surface area contributed by atoms with Gasteiger partial charge in [-0.05, 0) is 32.0 Å². The number of hydrogen-bond acceptors (Lipinski definition) is 3. The second-order valence-corrected chi connectivity index (χ2v) is 6.27. The van der Waals surface area contributed by atoms with E-state index >= 15 is 0 Å². The van der Waals surface area contributed by atoms with Crippen LogP contribution in [0.2, 0.25) is 5.02 Å². The van der Waals surface area contributed by atoms with Crippen LogP contribution in [0.3, 0.4) is 0 Å². The fourth-order valence-electron chi connectivity index (χ4n) is 1.60. The Morgan fingerprint density at radius 2 is 2.00 bits per heavy atom. The average molecular weight is 309 g/mol. The molecule has 0 amide bonds. The monoisotopic (exact) mass is 308 g/mol. The molecule has 1 aliphatic heterocycles. The van der Waals surface area contributed by atoms with Crippen LogP contribution in [0.1, 0.15) is 19.4 Å². The first-order valence-electron chi connectivity index (χ1n) is 5.53. The van der Waals surface area contributed by atoms with Gasteiger partial charge in [0.1, 0.15) is 0 Å². The zero-order valence-corrected chi connectivity index (χ0v) is 11.9. The second-order valence-electron chi connectivity index (χ2n) is 4.87. The third-order valence-electron chi connectivity index (χ3n) is 2.44. The van der Waals surface area contributed by atoms with Crippen molar-refractivity contribution in [3.63, 3.8) is 0 Å². The van der Waals surface area contributed by atoms with Gasteiger partial charge in [0.2, 0.25) is 0 Å². The van der Waals surface area contributed by atoms with Gasteiger partial charge in [-0.15, -0.1) is 0 Å². The summed E-state index contributed by atoms with van der Waals surface area (Å²) in [5.74, 6) is 0.794. The van der Waals surface area contributed by atoms with Gasteiger partial charge in [-0.2, -0.15) is 13.2 Å². The Hall–Kier alpha value is -0.880. The molecule has 1 aromatic carbocycles. The number of hydrogen-bond donors (Lipinski definition) is 1. The highest BCUT2D eigenvalue weighted by molar-refractivity contribution is 8.14. The Kier molecular flexibility index (Phi) is 3.75. The molecule has 0 unspecified atom stereocenters. The van der Waals surface area contributed by atoms with Gasteiger partial charge in [0.15, 0.2) is 5.17 Å². The van der Waals surface area contributed by atoms with E-state index in [0.29, 0.717) is 10.9 Å². The second kappa shape index (κ2) is 4.90. The lowest BCUT2D eigenvalue weighted by atomic mass is 10.1. The van der Waals surface area contributed by atoms with Gasteiger partial charge in [0, 0.05) is 16.5 Å². The molecule has 1 N–H and O–H groups in total. The molecule has 0 spiro atoms. The van der Waals surface area contributed by atoms with Crippen molar-refractivity contribution in [3.05, 3.63) is 28.8 Å². The molecule has 1 heterocycles. The van der Waals surface area contributed by atoms with Crippen molar-refractivity contribution in [2.24, 2.45) is 4.99 Å². The molecular formula is C12H12ClF3N2S. The summed E-state index contributed by atoms with van der Waals surface area (Å²) < 4.78 is 38.0. The number of halogens is 4. The van der Waals surface area contributed by atoms with Crippen LogP contribution in [0.15, 0.2) is 23.2 Å². The molecule has 0 aromatic heterocycles. The number of nitrogens with zero attached hydrogens (tertiary/aromatic N) is 1. The molecule has 1 aromatic rings. The van der Waals surface area contributed by atoms with E-state index in [-0.39, 0.29) is 10.6 Å². The summed E-state index contributed by atoms with van der Waals surface area (Å²) in [6.45, 7) is 3.93. The van der Waals surface area contributed by atoms with Crippen molar-refractivity contribution < 1.29 is 13.2 Å². The molecule has 0 saturated heterocycles. The van der Waals surface area contributed by atoms with Crippen LogP contribution >= 0.6 is 23.4 Å². The van der Waals surface area contributed by atoms with Gasteiger partial charge in [0.05, 0.1) is 11.1 Å². The zero-order chi connectivity index (χ0) is 14.3. The molecule has 7 heteroatoms. The standard InChI is InChI=1S/C12H12ClF3N2S/c1-11(2)6-19-10(18-11)17-9-4-7(12(14,15)16)3-8(13)5-9/h3-5H,6H2,1-2H3,(H,17,18). The molecule has 0 atom stereocenters. The minimum absolute atomic E-state index is 0.0418. The average Bonchev–Trinajstić information content (AvgIpc) is 2.55. The lowest BCUT2D eigenvalue weighted by molar-refractivity contribution is -0.137. The largest absolute Gasteiger partial charge is 0.416 e. The maximum atomic E-state index is 12.7. The SMILES string of the molecule is CC1(C)CSC(Nc2cc(Cl)cc(C(F)(F)F)c2)=N1. The minimum Gasteiger partial charge on any atom is -0.335 e. The normalized spacial score (nSPS) is 18.3. The van der Waals surface area contributed by atoms with Gasteiger partial charge >= 0.3 is 6.18 Å². The van der Waals surface area contributed by atoms with Gasteiger partial charge in [0.25, 0.3) is 0 Å². The molecule has 0 saturated carbocycles. The summed E-state index contributed by atoms with van der Waals surface area (Å²) in [4.78, 5) is 4.38. The molecule has 0 aliphatic carbocycles. The first-order chi connectivity index (χ1) is 8.66. The Morgan fingerprint density at radius 1 is 1.32 bits per heavy atom. The van der Waals surface area contributed by atoms with Crippen molar-refractivity contribution in [2.45, 2.75) is 25.6 Å². The number of amidine groups is 1. The fourth-order valence-corrected chi connectivity index (χ4v) is 2.89. The summed E-state index contributed by atoms with van der Waals surface area (Å²) in [5, 5.41) is 3.53. The van der Waals surface area contributed by atoms with Crippen LogP contribution in [0, 0.1) is 0 Å². The summed E-state index contributed by atoms with van der Waals surface area (Å²) in [6.07, 6.45) is -4.41. The van der Waals surface area contributed by atoms with Gasteiger partial charge < -0.3 is 5.32 Å². The van der Waals surface area contributed by atoms with E-state index in [4.69, 9.17) is 11.6 Å². The third-order valence-corrected chi connectivity index (χ3v) is 3.98. The van der Waals surface area contributed by atoms with E-state index in [1.165, 1.54) is 17.8 Å². The molecule has 1 aliphatic rings. The lowest BCUT2D eigenvalue weighted by Crippen LogP contribution is -2.15. The van der Waals surface area contributed by atoms with Crippen LogP contribution in [0.25, 0.3) is 0 Å². The van der Waals surface area contributed by atoms with Crippen molar-refractivity contribution >= 4 is 34.2 Å². The van der Waals surface area contributed by atoms with Crippen molar-refractivity contribution in [2.75, 3.05) is 11.1 Å². The van der Waals surface area contributed by atoms with Crippen LogP contribution < -0.4 is 5.32 Å². The summed E-state index contributed by atoms with van der Waals surface area (Å²) in [7, 11) is 0. The molecule has 0 fully saturated rings. The zero-order valence-electron chi connectivity index (χ0n) is 10.3. The topological polar surface area (TPSA) is 24.4 Å². The molecule has 0 bridgehead atoms. The maximum absolute atomic E-state index is 12.7. The van der Waals surface area contributed by atoms with Gasteiger partial charge in [-0.1, -0.05) is 23.4 Å². The van der Waals surface area contributed by atoms with Gasteiger partial charge in [-0.3, -0.25) is 4.99 Å². The van der Waals surface area contributed by atoms with Crippen LogP contribution in [-0.2, 0) is 6.18 Å². The Bertz CT molecular complexity index is 526. The van der Waals surface area contributed by atoms with E-state index in [9.17, 15) is 13.2 Å². The highest BCUT2D eigenvalue weighted by Gasteiger charge is 2.31. The smallest absolute Gasteiger partial charge is 0.335 e. The van der Waals surface area contributed by atoms with Crippen molar-refractivity contribution in [1.82, 2.24) is 0 Å². The molecule has 19 heavy (non-hydrogen) atoms. The van der Waals surface area contributed by atoms with E-state index in [0.717, 1.165) is 17.9 Å². The molecule has 2 nitrogen and oxygen atoms in total. The van der Waals surface area contributed by atoms with Crippen LogP contribution in [0.5, 0.6) is 0 Å². The maximum Gasteiger partial charge on any atom is 0.416 e. The molecular weight excluding hydrogens is 297 g/mol. The predicted molar refractivity (Wildman–Crippen MR) is 74.0 cm³/mol. The fraction of sp³-hybridized carbons (Fsp3) is 0.417. The lowest BCUT2D eigenvalue weighted by Gasteiger charge is -2.11. The van der Waals surface area contributed by atoms with Gasteiger partial charge in [-0.25, -0.2) is 0 Å². The van der Waals surface area contributed by atoms with Crippen molar-refractivity contribution in [1.29, 1.82) is 0 Å². The quantitative estimate of drug-likeness (QED) is 0.816. The Morgan fingerprint density at radius 3 is 2.53 bits per heavy atom. The number of aliphatic imine (C=N–C) groups is 1. The predicted octanol–water partition coefficient (Wildman–Crippen LogP) is 4.65. The van der Waals surface area contributed by atoms with Crippen molar-refractivity contribution in [3.8, 4) is 0 Å².